The molecular formula is C18H21N5O2S. The molecule has 0 radical (unpaired) electrons. The zero-order valence-electron chi connectivity index (χ0n) is 14.9. The van der Waals surface area contributed by atoms with E-state index in [0.717, 1.165) is 5.56 Å². The summed E-state index contributed by atoms with van der Waals surface area (Å²) >= 11 is 1.74. The van der Waals surface area contributed by atoms with Crippen LogP contribution in [0.3, 0.4) is 0 Å². The summed E-state index contributed by atoms with van der Waals surface area (Å²) in [6.07, 6.45) is 1.66. The molecule has 3 rings (SSSR count). The van der Waals surface area contributed by atoms with E-state index >= 15 is 0 Å². The summed E-state index contributed by atoms with van der Waals surface area (Å²) in [4.78, 5) is 15.9. The predicted octanol–water partition coefficient (Wildman–Crippen LogP) is 4.25. The molecule has 2 aromatic heterocycles. The predicted molar refractivity (Wildman–Crippen MR) is 102 cm³/mol. The standard InChI is InChI=1S/C18H21N5O2S/c1-18(2,3)16(15-5-4-10-26-15)19-11-22-12-20-17(21-22)13-6-8-14(9-7-13)23(24)25/h4-10,12,16,19H,11H2,1-3H3. The molecule has 0 amide bonds. The van der Waals surface area contributed by atoms with Gasteiger partial charge in [0, 0.05) is 28.6 Å². The van der Waals surface area contributed by atoms with E-state index in [9.17, 15) is 10.1 Å². The van der Waals surface area contributed by atoms with Crippen molar-refractivity contribution in [1.29, 1.82) is 0 Å². The molecule has 1 N–H and O–H groups in total. The second kappa shape index (κ2) is 7.35. The van der Waals surface area contributed by atoms with Gasteiger partial charge in [0.25, 0.3) is 5.69 Å². The number of non-ortho nitro benzene ring substituents is 1. The number of benzene rings is 1. The Bertz CT molecular complexity index is 866. The Balaban J connectivity index is 1.71. The van der Waals surface area contributed by atoms with Crippen molar-refractivity contribution in [3.8, 4) is 11.4 Å². The minimum absolute atomic E-state index is 0.0545. The van der Waals surface area contributed by atoms with Gasteiger partial charge in [-0.25, -0.2) is 9.67 Å². The fourth-order valence-electron chi connectivity index (χ4n) is 2.71. The van der Waals surface area contributed by atoms with Crippen LogP contribution in [0, 0.1) is 15.5 Å². The van der Waals surface area contributed by atoms with Crippen LogP contribution in [0.1, 0.15) is 31.7 Å². The Morgan fingerprint density at radius 3 is 2.58 bits per heavy atom. The molecule has 1 atom stereocenters. The van der Waals surface area contributed by atoms with E-state index in [1.165, 1.54) is 17.0 Å². The number of nitro groups is 1. The molecule has 0 spiro atoms. The van der Waals surface area contributed by atoms with Gasteiger partial charge in [-0.3, -0.25) is 15.4 Å². The molecule has 0 saturated carbocycles. The number of nitro benzene ring substituents is 1. The summed E-state index contributed by atoms with van der Waals surface area (Å²) < 4.78 is 1.74. The smallest absolute Gasteiger partial charge is 0.269 e. The molecular weight excluding hydrogens is 350 g/mol. The first kappa shape index (κ1) is 18.2. The van der Waals surface area contributed by atoms with Crippen molar-refractivity contribution in [2.45, 2.75) is 33.5 Å². The fourth-order valence-corrected chi connectivity index (χ4v) is 3.75. The van der Waals surface area contributed by atoms with Gasteiger partial charge in [-0.05, 0) is 29.0 Å². The second-order valence-corrected chi connectivity index (χ2v) is 8.07. The van der Waals surface area contributed by atoms with Gasteiger partial charge in [-0.1, -0.05) is 26.8 Å². The third kappa shape index (κ3) is 4.14. The number of nitrogens with one attached hydrogen (secondary N) is 1. The van der Waals surface area contributed by atoms with Crippen molar-refractivity contribution in [3.63, 3.8) is 0 Å². The summed E-state index contributed by atoms with van der Waals surface area (Å²) in [5.74, 6) is 0.546. The van der Waals surface area contributed by atoms with E-state index in [-0.39, 0.29) is 17.1 Å². The quantitative estimate of drug-likeness (QED) is 0.517. The molecule has 0 saturated heterocycles. The Morgan fingerprint density at radius 2 is 2.00 bits per heavy atom. The lowest BCUT2D eigenvalue weighted by Gasteiger charge is -2.30. The van der Waals surface area contributed by atoms with Gasteiger partial charge in [-0.2, -0.15) is 0 Å². The van der Waals surface area contributed by atoms with Crippen molar-refractivity contribution in [1.82, 2.24) is 20.1 Å². The van der Waals surface area contributed by atoms with Gasteiger partial charge in [0.1, 0.15) is 6.33 Å². The first-order valence-electron chi connectivity index (χ1n) is 8.25. The molecule has 8 heteroatoms. The highest BCUT2D eigenvalue weighted by molar-refractivity contribution is 7.10. The van der Waals surface area contributed by atoms with Crippen LogP contribution >= 0.6 is 11.3 Å². The highest BCUT2D eigenvalue weighted by Crippen LogP contribution is 2.35. The third-order valence-electron chi connectivity index (χ3n) is 4.02. The van der Waals surface area contributed by atoms with Gasteiger partial charge < -0.3 is 0 Å². The Labute approximate surface area is 155 Å². The number of hydrogen-bond donors (Lipinski definition) is 1. The summed E-state index contributed by atoms with van der Waals surface area (Å²) in [5.41, 5.74) is 0.867. The SMILES string of the molecule is CC(C)(C)C(NCn1cnc(-c2ccc([N+](=O)[O-])cc2)n1)c1cccs1. The maximum absolute atomic E-state index is 10.7. The summed E-state index contributed by atoms with van der Waals surface area (Å²) in [7, 11) is 0. The first-order valence-corrected chi connectivity index (χ1v) is 9.13. The van der Waals surface area contributed by atoms with E-state index in [4.69, 9.17) is 0 Å². The van der Waals surface area contributed by atoms with Crippen LogP contribution in [0.15, 0.2) is 48.1 Å². The fraction of sp³-hybridized carbons (Fsp3) is 0.333. The molecule has 2 heterocycles. The number of thiophene rings is 1. The number of aromatic nitrogens is 3. The number of hydrogen-bond acceptors (Lipinski definition) is 6. The topological polar surface area (TPSA) is 85.9 Å². The highest BCUT2D eigenvalue weighted by Gasteiger charge is 2.26. The molecule has 0 bridgehead atoms. The van der Waals surface area contributed by atoms with Crippen LogP contribution < -0.4 is 5.32 Å². The Hall–Kier alpha value is -2.58. The van der Waals surface area contributed by atoms with Crippen molar-refractivity contribution in [3.05, 3.63) is 63.1 Å². The average molecular weight is 371 g/mol. The van der Waals surface area contributed by atoms with Crippen molar-refractivity contribution in [2.75, 3.05) is 0 Å². The van der Waals surface area contributed by atoms with E-state index in [1.54, 1.807) is 34.5 Å². The molecule has 26 heavy (non-hydrogen) atoms. The van der Waals surface area contributed by atoms with Crippen molar-refractivity contribution in [2.24, 2.45) is 5.41 Å². The molecule has 1 unspecified atom stereocenters. The summed E-state index contributed by atoms with van der Waals surface area (Å²) in [5, 5.41) is 20.8. The maximum atomic E-state index is 10.7. The Kier molecular flexibility index (Phi) is 5.15. The van der Waals surface area contributed by atoms with Gasteiger partial charge >= 0.3 is 0 Å². The normalized spacial score (nSPS) is 12.9. The summed E-state index contributed by atoms with van der Waals surface area (Å²) in [6.45, 7) is 7.13. The minimum Gasteiger partial charge on any atom is -0.290 e. The second-order valence-electron chi connectivity index (χ2n) is 7.09. The molecule has 7 nitrogen and oxygen atoms in total. The first-order chi connectivity index (χ1) is 12.3. The van der Waals surface area contributed by atoms with Crippen LogP contribution in [0.2, 0.25) is 0 Å². The maximum Gasteiger partial charge on any atom is 0.269 e. The molecule has 0 aliphatic carbocycles. The molecule has 3 aromatic rings. The monoisotopic (exact) mass is 371 g/mol. The largest absolute Gasteiger partial charge is 0.290 e. The molecule has 136 valence electrons. The zero-order chi connectivity index (χ0) is 18.7. The zero-order valence-corrected chi connectivity index (χ0v) is 15.7. The van der Waals surface area contributed by atoms with Crippen LogP contribution in [0.4, 0.5) is 5.69 Å². The van der Waals surface area contributed by atoms with Crippen molar-refractivity contribution < 1.29 is 4.92 Å². The van der Waals surface area contributed by atoms with Gasteiger partial charge in [-0.15, -0.1) is 16.4 Å². The van der Waals surface area contributed by atoms with Crippen LogP contribution in [-0.4, -0.2) is 19.7 Å². The lowest BCUT2D eigenvalue weighted by Crippen LogP contribution is -2.33. The van der Waals surface area contributed by atoms with Crippen molar-refractivity contribution >= 4 is 17.0 Å². The third-order valence-corrected chi connectivity index (χ3v) is 4.96. The summed E-state index contributed by atoms with van der Waals surface area (Å²) in [6, 6.07) is 10.6. The van der Waals surface area contributed by atoms with E-state index in [1.807, 2.05) is 0 Å². The lowest BCUT2D eigenvalue weighted by atomic mass is 9.86. The molecule has 0 aliphatic rings. The van der Waals surface area contributed by atoms with Gasteiger partial charge in [0.15, 0.2) is 5.82 Å². The number of nitrogens with zero attached hydrogens (tertiary/aromatic N) is 4. The average Bonchev–Trinajstić information content (AvgIpc) is 3.26. The van der Waals surface area contributed by atoms with Gasteiger partial charge in [0.2, 0.25) is 0 Å². The van der Waals surface area contributed by atoms with Gasteiger partial charge in [0.05, 0.1) is 11.6 Å². The van der Waals surface area contributed by atoms with Crippen LogP contribution in [-0.2, 0) is 6.67 Å². The molecule has 1 aromatic carbocycles. The number of rotatable bonds is 6. The minimum atomic E-state index is -0.420. The lowest BCUT2D eigenvalue weighted by molar-refractivity contribution is -0.384. The Morgan fingerprint density at radius 1 is 1.27 bits per heavy atom. The van der Waals surface area contributed by atoms with Crippen LogP contribution in [0.5, 0.6) is 0 Å². The van der Waals surface area contributed by atoms with E-state index in [0.29, 0.717) is 12.5 Å². The van der Waals surface area contributed by atoms with E-state index < -0.39 is 4.92 Å². The molecule has 0 aliphatic heterocycles. The van der Waals surface area contributed by atoms with E-state index in [2.05, 4.69) is 53.7 Å². The highest BCUT2D eigenvalue weighted by atomic mass is 32.1. The molecule has 0 fully saturated rings. The van der Waals surface area contributed by atoms with Crippen LogP contribution in [0.25, 0.3) is 11.4 Å².